The predicted octanol–water partition coefficient (Wildman–Crippen LogP) is 2.92. The lowest BCUT2D eigenvalue weighted by Gasteiger charge is -2.13. The minimum atomic E-state index is -1.19. The minimum absolute atomic E-state index is 0.0267. The number of aromatic carboxylic acids is 1. The maximum Gasteiger partial charge on any atom is 0.340 e. The second-order valence-corrected chi connectivity index (χ2v) is 4.21. The second kappa shape index (κ2) is 6.40. The molecule has 0 radical (unpaired) electrons. The number of carbonyl (C=O) groups excluding carboxylic acids is 1. The van der Waals surface area contributed by atoms with Gasteiger partial charge in [0.25, 0.3) is 0 Å². The lowest BCUT2D eigenvalue weighted by molar-refractivity contribution is 0.0400. The van der Waals surface area contributed by atoms with Crippen molar-refractivity contribution >= 4 is 11.9 Å². The van der Waals surface area contributed by atoms with Gasteiger partial charge in [0.1, 0.15) is 0 Å². The molecule has 0 amide bonds. The molecular formula is C17H12O4. The van der Waals surface area contributed by atoms with Crippen LogP contribution in [0.25, 0.3) is 0 Å². The fourth-order valence-electron chi connectivity index (χ4n) is 1.84. The molecule has 0 bridgehead atoms. The Hall–Kier alpha value is -3.06. The van der Waals surface area contributed by atoms with E-state index in [9.17, 15) is 9.59 Å². The molecule has 0 aliphatic rings. The fraction of sp³-hybridized carbons (Fsp3) is 0.0588. The lowest BCUT2D eigenvalue weighted by Crippen LogP contribution is -2.14. The van der Waals surface area contributed by atoms with E-state index in [1.807, 2.05) is 6.07 Å². The predicted molar refractivity (Wildman–Crippen MR) is 76.8 cm³/mol. The highest BCUT2D eigenvalue weighted by molar-refractivity contribution is 6.02. The van der Waals surface area contributed by atoms with Crippen molar-refractivity contribution in [1.29, 1.82) is 0 Å². The third-order valence-electron chi connectivity index (χ3n) is 2.86. The van der Waals surface area contributed by atoms with Crippen molar-refractivity contribution < 1.29 is 19.4 Å². The SMILES string of the molecule is C#C[C@H](OC(=O)c1ccccc1C(=O)O)c1ccccc1. The average Bonchev–Trinajstić information content (AvgIpc) is 2.53. The summed E-state index contributed by atoms with van der Waals surface area (Å²) in [4.78, 5) is 23.2. The van der Waals surface area contributed by atoms with Crippen molar-refractivity contribution in [2.75, 3.05) is 0 Å². The first-order valence-corrected chi connectivity index (χ1v) is 6.18. The van der Waals surface area contributed by atoms with Crippen LogP contribution in [0.4, 0.5) is 0 Å². The van der Waals surface area contributed by atoms with Crippen LogP contribution in [0, 0.1) is 12.3 Å². The van der Waals surface area contributed by atoms with Gasteiger partial charge in [0.05, 0.1) is 11.1 Å². The number of terminal acetylenes is 1. The summed E-state index contributed by atoms with van der Waals surface area (Å²) in [7, 11) is 0. The van der Waals surface area contributed by atoms with Crippen LogP contribution < -0.4 is 0 Å². The van der Waals surface area contributed by atoms with Crippen molar-refractivity contribution in [3.63, 3.8) is 0 Å². The summed E-state index contributed by atoms with van der Waals surface area (Å²) in [5, 5.41) is 9.07. The van der Waals surface area contributed by atoms with Crippen molar-refractivity contribution in [1.82, 2.24) is 0 Å². The molecule has 0 aliphatic heterocycles. The van der Waals surface area contributed by atoms with Gasteiger partial charge in [-0.05, 0) is 12.1 Å². The summed E-state index contributed by atoms with van der Waals surface area (Å²) in [5.41, 5.74) is 0.508. The normalized spacial score (nSPS) is 11.2. The molecule has 0 saturated carbocycles. The summed E-state index contributed by atoms with van der Waals surface area (Å²) in [6, 6.07) is 14.7. The van der Waals surface area contributed by atoms with E-state index in [0.29, 0.717) is 5.56 Å². The van der Waals surface area contributed by atoms with Crippen LogP contribution >= 0.6 is 0 Å². The van der Waals surface area contributed by atoms with Gasteiger partial charge in [0, 0.05) is 5.56 Å². The Morgan fingerprint density at radius 2 is 1.57 bits per heavy atom. The van der Waals surface area contributed by atoms with E-state index in [-0.39, 0.29) is 11.1 Å². The van der Waals surface area contributed by atoms with Crippen molar-refractivity contribution in [2.24, 2.45) is 0 Å². The van der Waals surface area contributed by atoms with Gasteiger partial charge in [0.2, 0.25) is 0 Å². The first-order chi connectivity index (χ1) is 10.1. The first kappa shape index (κ1) is 14.4. The number of carboxylic acids is 1. The zero-order chi connectivity index (χ0) is 15.2. The summed E-state index contributed by atoms with van der Waals surface area (Å²) in [6.07, 6.45) is 4.52. The van der Waals surface area contributed by atoms with Gasteiger partial charge in [-0.3, -0.25) is 0 Å². The van der Waals surface area contributed by atoms with Crippen molar-refractivity contribution in [3.05, 3.63) is 71.3 Å². The Labute approximate surface area is 122 Å². The van der Waals surface area contributed by atoms with Crippen LogP contribution in [-0.2, 0) is 4.74 Å². The van der Waals surface area contributed by atoms with E-state index in [4.69, 9.17) is 16.3 Å². The zero-order valence-corrected chi connectivity index (χ0v) is 11.0. The topological polar surface area (TPSA) is 63.6 Å². The molecule has 0 spiro atoms. The zero-order valence-electron chi connectivity index (χ0n) is 11.0. The third kappa shape index (κ3) is 3.28. The summed E-state index contributed by atoms with van der Waals surface area (Å²) < 4.78 is 5.22. The molecular weight excluding hydrogens is 268 g/mol. The van der Waals surface area contributed by atoms with E-state index < -0.39 is 18.0 Å². The summed E-state index contributed by atoms with van der Waals surface area (Å²) >= 11 is 0. The number of rotatable bonds is 4. The van der Waals surface area contributed by atoms with E-state index in [2.05, 4.69) is 5.92 Å². The third-order valence-corrected chi connectivity index (χ3v) is 2.86. The highest BCUT2D eigenvalue weighted by Gasteiger charge is 2.20. The van der Waals surface area contributed by atoms with Crippen molar-refractivity contribution in [2.45, 2.75) is 6.10 Å². The largest absolute Gasteiger partial charge is 0.478 e. The highest BCUT2D eigenvalue weighted by Crippen LogP contribution is 2.19. The summed E-state index contributed by atoms with van der Waals surface area (Å²) in [6.45, 7) is 0. The molecule has 0 heterocycles. The number of carbonyl (C=O) groups is 2. The first-order valence-electron chi connectivity index (χ1n) is 6.18. The minimum Gasteiger partial charge on any atom is -0.478 e. The summed E-state index contributed by atoms with van der Waals surface area (Å²) in [5.74, 6) is 0.418. The quantitative estimate of drug-likeness (QED) is 0.691. The molecule has 2 aromatic rings. The molecule has 2 rings (SSSR count). The van der Waals surface area contributed by atoms with E-state index in [1.54, 1.807) is 30.3 Å². The molecule has 0 saturated heterocycles. The van der Waals surface area contributed by atoms with Gasteiger partial charge in [0.15, 0.2) is 6.10 Å². The van der Waals surface area contributed by atoms with Crippen LogP contribution in [0.1, 0.15) is 32.4 Å². The Morgan fingerprint density at radius 1 is 1.00 bits per heavy atom. The fourth-order valence-corrected chi connectivity index (χ4v) is 1.84. The number of benzene rings is 2. The van der Waals surface area contributed by atoms with Gasteiger partial charge in [-0.2, -0.15) is 0 Å². The molecule has 1 atom stereocenters. The molecule has 0 unspecified atom stereocenters. The molecule has 2 aromatic carbocycles. The van der Waals surface area contributed by atoms with Crippen LogP contribution in [0.5, 0.6) is 0 Å². The van der Waals surface area contributed by atoms with Crippen LogP contribution in [-0.4, -0.2) is 17.0 Å². The molecule has 4 nitrogen and oxygen atoms in total. The van der Waals surface area contributed by atoms with Gasteiger partial charge >= 0.3 is 11.9 Å². The highest BCUT2D eigenvalue weighted by atomic mass is 16.5. The number of hydrogen-bond donors (Lipinski definition) is 1. The Morgan fingerprint density at radius 3 is 2.14 bits per heavy atom. The Kier molecular flexibility index (Phi) is 4.37. The van der Waals surface area contributed by atoms with E-state index in [0.717, 1.165) is 0 Å². The van der Waals surface area contributed by atoms with Gasteiger partial charge in [-0.25, -0.2) is 9.59 Å². The maximum absolute atomic E-state index is 12.1. The van der Waals surface area contributed by atoms with Crippen LogP contribution in [0.15, 0.2) is 54.6 Å². The molecule has 1 N–H and O–H groups in total. The molecule has 4 heteroatoms. The smallest absolute Gasteiger partial charge is 0.340 e. The molecule has 0 fully saturated rings. The number of carboxylic acid groups (broad SMARTS) is 1. The second-order valence-electron chi connectivity index (χ2n) is 4.21. The maximum atomic E-state index is 12.1. The average molecular weight is 280 g/mol. The Bertz CT molecular complexity index is 698. The van der Waals surface area contributed by atoms with Crippen LogP contribution in [0.3, 0.4) is 0 Å². The molecule has 0 aliphatic carbocycles. The lowest BCUT2D eigenvalue weighted by atomic mass is 10.1. The number of hydrogen-bond acceptors (Lipinski definition) is 3. The monoisotopic (exact) mass is 280 g/mol. The van der Waals surface area contributed by atoms with Gasteiger partial charge in [-0.15, -0.1) is 6.42 Å². The van der Waals surface area contributed by atoms with Gasteiger partial charge < -0.3 is 9.84 Å². The Balaban J connectivity index is 2.26. The standard InChI is InChI=1S/C17H12O4/c1-2-15(12-8-4-3-5-9-12)21-17(20)14-11-7-6-10-13(14)16(18)19/h1,3-11,15H,(H,18,19)/t15-/m0/s1. The molecule has 21 heavy (non-hydrogen) atoms. The molecule has 0 aromatic heterocycles. The number of esters is 1. The van der Waals surface area contributed by atoms with E-state index >= 15 is 0 Å². The van der Waals surface area contributed by atoms with E-state index in [1.165, 1.54) is 18.2 Å². The van der Waals surface area contributed by atoms with Crippen molar-refractivity contribution in [3.8, 4) is 12.3 Å². The number of ether oxygens (including phenoxy) is 1. The van der Waals surface area contributed by atoms with Gasteiger partial charge in [-0.1, -0.05) is 48.4 Å². The molecule has 104 valence electrons. The van der Waals surface area contributed by atoms with Crippen LogP contribution in [0.2, 0.25) is 0 Å².